The lowest BCUT2D eigenvalue weighted by atomic mass is 9.99. The maximum absolute atomic E-state index is 12.5. The molecule has 0 atom stereocenters. The van der Waals surface area contributed by atoms with Gasteiger partial charge in [-0.15, -0.1) is 0 Å². The number of carbonyl (C=O) groups is 1. The summed E-state index contributed by atoms with van der Waals surface area (Å²) in [5, 5.41) is 20.0. The fraction of sp³-hybridized carbons (Fsp3) is 0.227. The van der Waals surface area contributed by atoms with Crippen molar-refractivity contribution in [2.24, 2.45) is 0 Å². The molecular weight excluding hydrogens is 328 g/mol. The molecule has 2 aromatic carbocycles. The van der Waals surface area contributed by atoms with Gasteiger partial charge < -0.3 is 14.9 Å². The zero-order valence-corrected chi connectivity index (χ0v) is 15.5. The largest absolute Gasteiger partial charge is 0.508 e. The Hall–Kier alpha value is -3.01. The third kappa shape index (κ3) is 4.76. The maximum atomic E-state index is 12.5. The summed E-state index contributed by atoms with van der Waals surface area (Å²) in [5.41, 5.74) is 3.79. The molecule has 2 N–H and O–H groups in total. The molecule has 136 valence electrons. The Balaban J connectivity index is 2.30. The van der Waals surface area contributed by atoms with E-state index in [0.29, 0.717) is 12.2 Å². The number of methoxy groups -OCH3 is 1. The van der Waals surface area contributed by atoms with E-state index >= 15 is 0 Å². The van der Waals surface area contributed by atoms with Crippen LogP contribution in [0.15, 0.2) is 54.1 Å². The molecule has 0 saturated heterocycles. The normalized spacial score (nSPS) is 11.2. The topological polar surface area (TPSA) is 66.8 Å². The highest BCUT2D eigenvalue weighted by Gasteiger charge is 2.11. The summed E-state index contributed by atoms with van der Waals surface area (Å²) >= 11 is 0. The average molecular weight is 352 g/mol. The number of phenols is 2. The number of benzene rings is 2. The van der Waals surface area contributed by atoms with E-state index in [2.05, 4.69) is 0 Å². The third-order valence-electron chi connectivity index (χ3n) is 4.08. The minimum absolute atomic E-state index is 0.117. The van der Waals surface area contributed by atoms with Crippen molar-refractivity contribution in [3.63, 3.8) is 0 Å². The summed E-state index contributed by atoms with van der Waals surface area (Å²) in [6.07, 6.45) is 4.15. The van der Waals surface area contributed by atoms with Crippen molar-refractivity contribution < 1.29 is 19.7 Å². The number of carbonyl (C=O) groups excluding carboxylic acids is 1. The number of ether oxygens (including phenoxy) is 1. The van der Waals surface area contributed by atoms with E-state index in [1.54, 1.807) is 18.2 Å². The van der Waals surface area contributed by atoms with Crippen molar-refractivity contribution in [3.8, 4) is 17.2 Å². The van der Waals surface area contributed by atoms with Crippen LogP contribution in [0.5, 0.6) is 17.2 Å². The molecule has 0 aromatic heterocycles. The van der Waals surface area contributed by atoms with Crippen LogP contribution >= 0.6 is 0 Å². The molecule has 0 aliphatic rings. The van der Waals surface area contributed by atoms with Crippen LogP contribution in [-0.4, -0.2) is 23.1 Å². The second-order valence-corrected chi connectivity index (χ2v) is 6.40. The molecule has 0 heterocycles. The molecule has 2 aromatic rings. The predicted molar refractivity (Wildman–Crippen MR) is 104 cm³/mol. The number of hydrogen-bond donors (Lipinski definition) is 2. The Kier molecular flexibility index (Phi) is 6.23. The first-order valence-electron chi connectivity index (χ1n) is 8.37. The van der Waals surface area contributed by atoms with Gasteiger partial charge in [-0.2, -0.15) is 0 Å². The minimum Gasteiger partial charge on any atom is -0.508 e. The Bertz CT molecular complexity index is 872. The molecule has 0 fully saturated rings. The smallest absolute Gasteiger partial charge is 0.189 e. The van der Waals surface area contributed by atoms with Gasteiger partial charge in [0.2, 0.25) is 0 Å². The van der Waals surface area contributed by atoms with Crippen molar-refractivity contribution in [2.75, 3.05) is 7.11 Å². The van der Waals surface area contributed by atoms with E-state index in [4.69, 9.17) is 4.74 Å². The van der Waals surface area contributed by atoms with Crippen molar-refractivity contribution in [2.45, 2.75) is 27.2 Å². The Morgan fingerprint density at radius 2 is 1.77 bits per heavy atom. The van der Waals surface area contributed by atoms with E-state index in [-0.39, 0.29) is 22.8 Å². The molecule has 0 aliphatic heterocycles. The Morgan fingerprint density at radius 1 is 1.04 bits per heavy atom. The highest BCUT2D eigenvalue weighted by atomic mass is 16.5. The van der Waals surface area contributed by atoms with Gasteiger partial charge in [0, 0.05) is 6.07 Å². The summed E-state index contributed by atoms with van der Waals surface area (Å²) in [6, 6.07) is 9.87. The van der Waals surface area contributed by atoms with Crippen molar-refractivity contribution in [1.29, 1.82) is 0 Å². The molecule has 0 saturated carbocycles. The molecule has 4 nitrogen and oxygen atoms in total. The zero-order chi connectivity index (χ0) is 19.3. The fourth-order valence-corrected chi connectivity index (χ4v) is 2.51. The lowest BCUT2D eigenvalue weighted by Gasteiger charge is -2.08. The van der Waals surface area contributed by atoms with E-state index in [9.17, 15) is 15.0 Å². The third-order valence-corrected chi connectivity index (χ3v) is 4.08. The number of phenolic OH excluding ortho intramolecular Hbond substituents is 2. The fourth-order valence-electron chi connectivity index (χ4n) is 2.51. The second-order valence-electron chi connectivity index (χ2n) is 6.40. The number of allylic oxidation sites excluding steroid dienone is 4. The van der Waals surface area contributed by atoms with E-state index in [0.717, 1.165) is 16.7 Å². The first-order chi connectivity index (χ1) is 12.3. The lowest BCUT2D eigenvalue weighted by Crippen LogP contribution is -1.97. The van der Waals surface area contributed by atoms with Crippen LogP contribution in [0, 0.1) is 0 Å². The monoisotopic (exact) mass is 352 g/mol. The molecule has 0 unspecified atom stereocenters. The van der Waals surface area contributed by atoms with Crippen LogP contribution in [0.4, 0.5) is 0 Å². The number of aromatic hydroxyl groups is 2. The molecule has 0 spiro atoms. The van der Waals surface area contributed by atoms with Crippen LogP contribution in [-0.2, 0) is 6.42 Å². The van der Waals surface area contributed by atoms with Crippen LogP contribution in [0.2, 0.25) is 0 Å². The molecule has 0 amide bonds. The standard InChI is InChI=1S/C22H24O4/c1-14(2)5-6-17-12-16(7-10-20(17)23)15(3)11-21(24)19-9-8-18(26-4)13-22(19)25/h5,7-13,23,25H,6H2,1-4H3. The highest BCUT2D eigenvalue weighted by Crippen LogP contribution is 2.27. The van der Waals surface area contributed by atoms with Gasteiger partial charge in [-0.3, -0.25) is 4.79 Å². The van der Waals surface area contributed by atoms with E-state index in [1.165, 1.54) is 30.9 Å². The van der Waals surface area contributed by atoms with Crippen LogP contribution in [0.1, 0.15) is 42.3 Å². The number of hydrogen-bond acceptors (Lipinski definition) is 4. The van der Waals surface area contributed by atoms with Gasteiger partial charge in [-0.1, -0.05) is 17.7 Å². The van der Waals surface area contributed by atoms with Gasteiger partial charge >= 0.3 is 0 Å². The van der Waals surface area contributed by atoms with E-state index < -0.39 is 0 Å². The predicted octanol–water partition coefficient (Wildman–Crippen LogP) is 4.90. The van der Waals surface area contributed by atoms with Crippen LogP contribution in [0.3, 0.4) is 0 Å². The maximum Gasteiger partial charge on any atom is 0.189 e. The van der Waals surface area contributed by atoms with Crippen LogP contribution in [0.25, 0.3) is 5.57 Å². The summed E-state index contributed by atoms with van der Waals surface area (Å²) in [5.74, 6) is 0.315. The Morgan fingerprint density at radius 3 is 2.38 bits per heavy atom. The number of rotatable bonds is 6. The van der Waals surface area contributed by atoms with Gasteiger partial charge in [0.25, 0.3) is 0 Å². The quantitative estimate of drug-likeness (QED) is 0.441. The lowest BCUT2D eigenvalue weighted by molar-refractivity contribution is 0.104. The summed E-state index contributed by atoms with van der Waals surface area (Å²) in [7, 11) is 1.50. The van der Waals surface area contributed by atoms with Gasteiger partial charge in [0.05, 0.1) is 12.7 Å². The van der Waals surface area contributed by atoms with Crippen molar-refractivity contribution in [3.05, 3.63) is 70.8 Å². The van der Waals surface area contributed by atoms with Gasteiger partial charge in [0.1, 0.15) is 17.2 Å². The average Bonchev–Trinajstić information content (AvgIpc) is 2.60. The van der Waals surface area contributed by atoms with Gasteiger partial charge in [-0.05, 0) is 74.2 Å². The summed E-state index contributed by atoms with van der Waals surface area (Å²) in [6.45, 7) is 5.84. The molecule has 2 rings (SSSR count). The molecule has 0 aliphatic carbocycles. The SMILES string of the molecule is COc1ccc(C(=O)C=C(C)c2ccc(O)c(CC=C(C)C)c2)c(O)c1. The summed E-state index contributed by atoms with van der Waals surface area (Å²) < 4.78 is 5.03. The summed E-state index contributed by atoms with van der Waals surface area (Å²) in [4.78, 5) is 12.5. The second kappa shape index (κ2) is 8.39. The van der Waals surface area contributed by atoms with Crippen molar-refractivity contribution >= 4 is 11.4 Å². The Labute approximate surface area is 154 Å². The first-order valence-corrected chi connectivity index (χ1v) is 8.37. The minimum atomic E-state index is -0.290. The van der Waals surface area contributed by atoms with Gasteiger partial charge in [-0.25, -0.2) is 0 Å². The molecule has 0 radical (unpaired) electrons. The molecule has 4 heteroatoms. The van der Waals surface area contributed by atoms with Crippen molar-refractivity contribution in [1.82, 2.24) is 0 Å². The van der Waals surface area contributed by atoms with Crippen LogP contribution < -0.4 is 4.74 Å². The zero-order valence-electron chi connectivity index (χ0n) is 15.5. The molecular formula is C22H24O4. The van der Waals surface area contributed by atoms with E-state index in [1.807, 2.05) is 32.9 Å². The molecule has 26 heavy (non-hydrogen) atoms. The molecule has 0 bridgehead atoms. The van der Waals surface area contributed by atoms with Gasteiger partial charge in [0.15, 0.2) is 5.78 Å². The highest BCUT2D eigenvalue weighted by molar-refractivity contribution is 6.10. The first kappa shape index (κ1) is 19.3. The number of ketones is 1.